The summed E-state index contributed by atoms with van der Waals surface area (Å²) in [4.78, 5) is 12.0. The third-order valence-corrected chi connectivity index (χ3v) is 3.67. The van der Waals surface area contributed by atoms with Crippen LogP contribution in [0.2, 0.25) is 0 Å². The summed E-state index contributed by atoms with van der Waals surface area (Å²) in [7, 11) is 0. The maximum absolute atomic E-state index is 12.0. The molecule has 0 heterocycles. The second-order valence-corrected chi connectivity index (χ2v) is 5.75. The van der Waals surface area contributed by atoms with E-state index in [9.17, 15) is 4.79 Å². The molecule has 0 aliphatic heterocycles. The van der Waals surface area contributed by atoms with Gasteiger partial charge < -0.3 is 10.1 Å². The molecule has 3 heteroatoms. The Hall–Kier alpha value is -2.29. The summed E-state index contributed by atoms with van der Waals surface area (Å²) in [6.07, 6.45) is 0. The second-order valence-electron chi connectivity index (χ2n) is 5.75. The van der Waals surface area contributed by atoms with Gasteiger partial charge in [0.1, 0.15) is 5.75 Å². The normalized spacial score (nSPS) is 11.8. The second kappa shape index (κ2) is 7.12. The number of nitrogens with one attached hydrogen (secondary N) is 1. The van der Waals surface area contributed by atoms with Gasteiger partial charge in [-0.1, -0.05) is 41.5 Å². The van der Waals surface area contributed by atoms with Crippen LogP contribution in [0, 0.1) is 20.8 Å². The van der Waals surface area contributed by atoms with E-state index in [2.05, 4.69) is 37.4 Å². The molecule has 0 aliphatic rings. The van der Waals surface area contributed by atoms with Crippen molar-refractivity contribution in [2.75, 3.05) is 6.61 Å². The van der Waals surface area contributed by atoms with Gasteiger partial charge in [0.25, 0.3) is 5.91 Å². The zero-order valence-electron chi connectivity index (χ0n) is 13.6. The Kier molecular flexibility index (Phi) is 5.21. The van der Waals surface area contributed by atoms with Crippen molar-refractivity contribution in [1.29, 1.82) is 0 Å². The number of aryl methyl sites for hydroxylation is 3. The molecular formula is C19H23NO2. The molecule has 1 atom stereocenters. The van der Waals surface area contributed by atoms with Crippen molar-refractivity contribution in [2.45, 2.75) is 33.7 Å². The lowest BCUT2D eigenvalue weighted by molar-refractivity contribution is -0.123. The number of rotatable bonds is 5. The van der Waals surface area contributed by atoms with Gasteiger partial charge in [0.05, 0.1) is 6.04 Å². The van der Waals surface area contributed by atoms with Gasteiger partial charge in [0.2, 0.25) is 0 Å². The summed E-state index contributed by atoms with van der Waals surface area (Å²) >= 11 is 0. The molecule has 0 aromatic heterocycles. The first-order valence-corrected chi connectivity index (χ1v) is 7.51. The molecule has 0 fully saturated rings. The van der Waals surface area contributed by atoms with Gasteiger partial charge in [-0.15, -0.1) is 0 Å². The third-order valence-electron chi connectivity index (χ3n) is 3.67. The number of hydrogen-bond acceptors (Lipinski definition) is 2. The van der Waals surface area contributed by atoms with Crippen LogP contribution >= 0.6 is 0 Å². The maximum Gasteiger partial charge on any atom is 0.258 e. The summed E-state index contributed by atoms with van der Waals surface area (Å²) in [5, 5.41) is 2.98. The van der Waals surface area contributed by atoms with Crippen LogP contribution in [0.3, 0.4) is 0 Å². The highest BCUT2D eigenvalue weighted by molar-refractivity contribution is 5.78. The van der Waals surface area contributed by atoms with Gasteiger partial charge in [-0.25, -0.2) is 0 Å². The zero-order valence-corrected chi connectivity index (χ0v) is 13.6. The van der Waals surface area contributed by atoms with Gasteiger partial charge in [0, 0.05) is 0 Å². The molecule has 0 spiro atoms. The average Bonchev–Trinajstić information content (AvgIpc) is 2.49. The van der Waals surface area contributed by atoms with Gasteiger partial charge in [0.15, 0.2) is 6.61 Å². The van der Waals surface area contributed by atoms with E-state index in [0.29, 0.717) is 5.75 Å². The number of ether oxygens (including phenoxy) is 1. The maximum atomic E-state index is 12.0. The lowest BCUT2D eigenvalue weighted by atomic mass is 10.00. The highest BCUT2D eigenvalue weighted by atomic mass is 16.5. The summed E-state index contributed by atoms with van der Waals surface area (Å²) < 4.78 is 5.50. The largest absolute Gasteiger partial charge is 0.484 e. The van der Waals surface area contributed by atoms with Crippen molar-refractivity contribution in [3.05, 3.63) is 64.7 Å². The molecule has 0 bridgehead atoms. The van der Waals surface area contributed by atoms with Crippen LogP contribution in [0.4, 0.5) is 0 Å². The van der Waals surface area contributed by atoms with Crippen molar-refractivity contribution < 1.29 is 9.53 Å². The molecule has 0 aliphatic carbocycles. The van der Waals surface area contributed by atoms with E-state index < -0.39 is 0 Å². The number of benzene rings is 2. The van der Waals surface area contributed by atoms with Crippen LogP contribution in [0.25, 0.3) is 0 Å². The van der Waals surface area contributed by atoms with Crippen molar-refractivity contribution in [2.24, 2.45) is 0 Å². The van der Waals surface area contributed by atoms with Gasteiger partial charge in [-0.3, -0.25) is 4.79 Å². The van der Waals surface area contributed by atoms with Crippen LogP contribution in [0.15, 0.2) is 42.5 Å². The topological polar surface area (TPSA) is 38.3 Å². The molecule has 2 rings (SSSR count). The molecule has 0 saturated carbocycles. The average molecular weight is 297 g/mol. The number of amides is 1. The van der Waals surface area contributed by atoms with E-state index >= 15 is 0 Å². The quantitative estimate of drug-likeness (QED) is 0.910. The standard InChI is InChI=1S/C19H23NO2/c1-13-6-9-17(10-7-13)22-12-19(21)20-16(4)18-11-14(2)5-8-15(18)3/h5-11,16H,12H2,1-4H3,(H,20,21)/t16-/m0/s1. The number of carbonyl (C=O) groups excluding carboxylic acids is 1. The Bertz CT molecular complexity index is 647. The van der Waals surface area contributed by atoms with Gasteiger partial charge in [-0.2, -0.15) is 0 Å². The van der Waals surface area contributed by atoms with Gasteiger partial charge in [-0.05, 0) is 51.0 Å². The molecule has 2 aromatic rings. The highest BCUT2D eigenvalue weighted by Gasteiger charge is 2.12. The fourth-order valence-electron chi connectivity index (χ4n) is 2.37. The van der Waals surface area contributed by atoms with E-state index in [4.69, 9.17) is 4.74 Å². The summed E-state index contributed by atoms with van der Waals surface area (Å²) in [6.45, 7) is 8.14. The zero-order chi connectivity index (χ0) is 16.1. The van der Waals surface area contributed by atoms with E-state index in [-0.39, 0.29) is 18.6 Å². The molecule has 2 aromatic carbocycles. The van der Waals surface area contributed by atoms with Crippen LogP contribution in [0.5, 0.6) is 5.75 Å². The smallest absolute Gasteiger partial charge is 0.258 e. The Morgan fingerprint density at radius 1 is 1.05 bits per heavy atom. The minimum atomic E-state index is -0.117. The summed E-state index contributed by atoms with van der Waals surface area (Å²) in [5.74, 6) is 0.592. The minimum Gasteiger partial charge on any atom is -0.484 e. The lowest BCUT2D eigenvalue weighted by Crippen LogP contribution is -2.31. The highest BCUT2D eigenvalue weighted by Crippen LogP contribution is 2.19. The van der Waals surface area contributed by atoms with Crippen molar-refractivity contribution in [1.82, 2.24) is 5.32 Å². The third kappa shape index (κ3) is 4.35. The minimum absolute atomic E-state index is 0.0261. The molecule has 22 heavy (non-hydrogen) atoms. The first kappa shape index (κ1) is 16.1. The Balaban J connectivity index is 1.91. The van der Waals surface area contributed by atoms with Crippen LogP contribution in [-0.2, 0) is 4.79 Å². The monoisotopic (exact) mass is 297 g/mol. The molecule has 0 saturated heterocycles. The number of hydrogen-bond donors (Lipinski definition) is 1. The Morgan fingerprint density at radius 3 is 2.36 bits per heavy atom. The summed E-state index contributed by atoms with van der Waals surface area (Å²) in [5.41, 5.74) is 4.68. The van der Waals surface area contributed by atoms with Crippen LogP contribution < -0.4 is 10.1 Å². The fourth-order valence-corrected chi connectivity index (χ4v) is 2.37. The van der Waals surface area contributed by atoms with E-state index in [1.807, 2.05) is 38.1 Å². The van der Waals surface area contributed by atoms with E-state index in [0.717, 1.165) is 5.56 Å². The predicted molar refractivity (Wildman–Crippen MR) is 89.1 cm³/mol. The first-order valence-electron chi connectivity index (χ1n) is 7.51. The Labute approximate surface area is 132 Å². The molecule has 116 valence electrons. The van der Waals surface area contributed by atoms with Gasteiger partial charge >= 0.3 is 0 Å². The molecule has 0 radical (unpaired) electrons. The molecule has 0 unspecified atom stereocenters. The predicted octanol–water partition coefficient (Wildman–Crippen LogP) is 3.87. The van der Waals surface area contributed by atoms with Crippen LogP contribution in [-0.4, -0.2) is 12.5 Å². The Morgan fingerprint density at radius 2 is 1.68 bits per heavy atom. The molecule has 1 amide bonds. The SMILES string of the molecule is Cc1ccc(OCC(=O)N[C@@H](C)c2cc(C)ccc2C)cc1. The summed E-state index contributed by atoms with van der Waals surface area (Å²) in [6, 6.07) is 13.9. The fraction of sp³-hybridized carbons (Fsp3) is 0.316. The molecule has 1 N–H and O–H groups in total. The molecule has 3 nitrogen and oxygen atoms in total. The van der Waals surface area contributed by atoms with Crippen LogP contribution in [0.1, 0.15) is 35.2 Å². The first-order chi connectivity index (χ1) is 10.5. The lowest BCUT2D eigenvalue weighted by Gasteiger charge is -2.17. The van der Waals surface area contributed by atoms with Crippen molar-refractivity contribution in [3.8, 4) is 5.75 Å². The van der Waals surface area contributed by atoms with E-state index in [1.165, 1.54) is 16.7 Å². The van der Waals surface area contributed by atoms with Crippen molar-refractivity contribution in [3.63, 3.8) is 0 Å². The van der Waals surface area contributed by atoms with Crippen molar-refractivity contribution >= 4 is 5.91 Å². The number of carbonyl (C=O) groups is 1. The molecular weight excluding hydrogens is 274 g/mol. The van der Waals surface area contributed by atoms with E-state index in [1.54, 1.807) is 0 Å².